The fraction of sp³-hybridized carbons (Fsp3) is 0.0909. The first-order valence-electron chi connectivity index (χ1n) is 8.89. The average molecular weight is 408 g/mol. The van der Waals surface area contributed by atoms with Gasteiger partial charge in [0, 0.05) is 16.0 Å². The van der Waals surface area contributed by atoms with Crippen LogP contribution in [0.2, 0.25) is 0 Å². The van der Waals surface area contributed by atoms with Gasteiger partial charge < -0.3 is 9.15 Å². The van der Waals surface area contributed by atoms with Gasteiger partial charge in [0.15, 0.2) is 10.9 Å². The summed E-state index contributed by atoms with van der Waals surface area (Å²) in [5.74, 6) is 0.177. The molecule has 0 atom stereocenters. The summed E-state index contributed by atoms with van der Waals surface area (Å²) in [4.78, 5) is 18.1. The third-order valence-corrected chi connectivity index (χ3v) is 5.11. The van der Waals surface area contributed by atoms with Crippen molar-refractivity contribution in [2.24, 2.45) is 0 Å². The molecule has 0 fully saturated rings. The smallest absolute Gasteiger partial charge is 0.293 e. The molecule has 0 aliphatic carbocycles. The SMILES string of the molecule is Cc1sc(NC(=O)c2occc2COc2ccccc2)nc1-c1ccc(F)cc1. The summed E-state index contributed by atoms with van der Waals surface area (Å²) >= 11 is 1.35. The summed E-state index contributed by atoms with van der Waals surface area (Å²) in [6.07, 6.45) is 1.45. The van der Waals surface area contributed by atoms with Crippen LogP contribution in [-0.2, 0) is 6.61 Å². The first-order chi connectivity index (χ1) is 14.1. The van der Waals surface area contributed by atoms with Crippen LogP contribution in [0.15, 0.2) is 71.3 Å². The van der Waals surface area contributed by atoms with Crippen LogP contribution in [0, 0.1) is 12.7 Å². The lowest BCUT2D eigenvalue weighted by molar-refractivity contribution is 0.0993. The van der Waals surface area contributed by atoms with E-state index in [0.717, 1.165) is 10.4 Å². The second-order valence-electron chi connectivity index (χ2n) is 6.26. The minimum atomic E-state index is -0.402. The topological polar surface area (TPSA) is 64.4 Å². The van der Waals surface area contributed by atoms with Crippen molar-refractivity contribution in [2.45, 2.75) is 13.5 Å². The molecular formula is C22H17FN2O3S. The highest BCUT2D eigenvalue weighted by atomic mass is 32.1. The highest BCUT2D eigenvalue weighted by Crippen LogP contribution is 2.31. The molecule has 0 aliphatic rings. The Balaban J connectivity index is 1.47. The van der Waals surface area contributed by atoms with Crippen molar-refractivity contribution in [1.82, 2.24) is 4.98 Å². The van der Waals surface area contributed by atoms with Gasteiger partial charge in [-0.1, -0.05) is 18.2 Å². The Hall–Kier alpha value is -3.45. The van der Waals surface area contributed by atoms with E-state index in [1.807, 2.05) is 37.3 Å². The quantitative estimate of drug-likeness (QED) is 0.446. The summed E-state index contributed by atoms with van der Waals surface area (Å²) < 4.78 is 24.2. The molecule has 0 saturated heterocycles. The third-order valence-electron chi connectivity index (χ3n) is 4.23. The zero-order valence-electron chi connectivity index (χ0n) is 15.5. The number of carbonyl (C=O) groups excluding carboxylic acids is 1. The van der Waals surface area contributed by atoms with Crippen LogP contribution in [0.1, 0.15) is 21.0 Å². The van der Waals surface area contributed by atoms with Gasteiger partial charge in [-0.2, -0.15) is 0 Å². The van der Waals surface area contributed by atoms with Crippen LogP contribution in [-0.4, -0.2) is 10.9 Å². The fourth-order valence-electron chi connectivity index (χ4n) is 2.81. The zero-order valence-corrected chi connectivity index (χ0v) is 16.3. The van der Waals surface area contributed by atoms with E-state index < -0.39 is 5.91 Å². The molecular weight excluding hydrogens is 391 g/mol. The van der Waals surface area contributed by atoms with Crippen molar-refractivity contribution in [3.05, 3.63) is 88.9 Å². The Bertz CT molecular complexity index is 1120. The van der Waals surface area contributed by atoms with Gasteiger partial charge >= 0.3 is 0 Å². The van der Waals surface area contributed by atoms with Crippen LogP contribution in [0.5, 0.6) is 5.75 Å². The van der Waals surface area contributed by atoms with Crippen molar-refractivity contribution in [3.63, 3.8) is 0 Å². The molecule has 4 aromatic rings. The minimum Gasteiger partial charge on any atom is -0.489 e. The van der Waals surface area contributed by atoms with Gasteiger partial charge in [0.2, 0.25) is 0 Å². The molecule has 4 rings (SSSR count). The van der Waals surface area contributed by atoms with Crippen molar-refractivity contribution in [3.8, 4) is 17.0 Å². The molecule has 0 bridgehead atoms. The number of anilines is 1. The summed E-state index contributed by atoms with van der Waals surface area (Å²) in [7, 11) is 0. The van der Waals surface area contributed by atoms with E-state index in [1.54, 1.807) is 18.2 Å². The lowest BCUT2D eigenvalue weighted by atomic mass is 10.1. The van der Waals surface area contributed by atoms with E-state index in [2.05, 4.69) is 10.3 Å². The molecule has 0 radical (unpaired) electrons. The van der Waals surface area contributed by atoms with Crippen LogP contribution in [0.3, 0.4) is 0 Å². The summed E-state index contributed by atoms with van der Waals surface area (Å²) in [5, 5.41) is 3.21. The molecule has 29 heavy (non-hydrogen) atoms. The number of benzene rings is 2. The van der Waals surface area contributed by atoms with Gasteiger partial charge in [0.25, 0.3) is 5.91 Å². The third kappa shape index (κ3) is 4.35. The molecule has 0 saturated carbocycles. The van der Waals surface area contributed by atoms with Crippen LogP contribution >= 0.6 is 11.3 Å². The lowest BCUT2D eigenvalue weighted by Crippen LogP contribution is -2.13. The number of carbonyl (C=O) groups is 1. The second kappa shape index (κ2) is 8.28. The van der Waals surface area contributed by atoms with Crippen molar-refractivity contribution >= 4 is 22.4 Å². The number of aryl methyl sites for hydroxylation is 1. The predicted octanol–water partition coefficient (Wildman–Crippen LogP) is 5.68. The number of aromatic nitrogens is 1. The maximum Gasteiger partial charge on any atom is 0.293 e. The number of amides is 1. The molecule has 2 aromatic carbocycles. The van der Waals surface area contributed by atoms with E-state index in [4.69, 9.17) is 9.15 Å². The zero-order chi connectivity index (χ0) is 20.2. The monoisotopic (exact) mass is 408 g/mol. The number of hydrogen-bond donors (Lipinski definition) is 1. The van der Waals surface area contributed by atoms with E-state index in [-0.39, 0.29) is 18.2 Å². The molecule has 7 heteroatoms. The summed E-state index contributed by atoms with van der Waals surface area (Å²) in [6.45, 7) is 2.11. The number of furan rings is 1. The molecule has 0 spiro atoms. The number of rotatable bonds is 6. The Morgan fingerprint density at radius 2 is 1.90 bits per heavy atom. The maximum atomic E-state index is 13.2. The highest BCUT2D eigenvalue weighted by Gasteiger charge is 2.19. The first-order valence-corrected chi connectivity index (χ1v) is 9.71. The standard InChI is InChI=1S/C22H17FN2O3S/c1-14-19(15-7-9-17(23)10-8-15)24-22(29-14)25-21(26)20-16(11-12-27-20)13-28-18-5-3-2-4-6-18/h2-12H,13H2,1H3,(H,24,25,26). The molecule has 5 nitrogen and oxygen atoms in total. The normalized spacial score (nSPS) is 10.7. The average Bonchev–Trinajstić information content (AvgIpc) is 3.34. The Morgan fingerprint density at radius 1 is 1.14 bits per heavy atom. The summed E-state index contributed by atoms with van der Waals surface area (Å²) in [5.41, 5.74) is 2.13. The molecule has 2 aromatic heterocycles. The molecule has 1 amide bonds. The molecule has 2 heterocycles. The number of ether oxygens (including phenoxy) is 1. The van der Waals surface area contributed by atoms with Gasteiger partial charge in [0.1, 0.15) is 18.2 Å². The first kappa shape index (κ1) is 18.9. The fourth-order valence-corrected chi connectivity index (χ4v) is 3.64. The molecule has 146 valence electrons. The number of nitrogens with one attached hydrogen (secondary N) is 1. The Kier molecular flexibility index (Phi) is 5.39. The van der Waals surface area contributed by atoms with Crippen LogP contribution in [0.4, 0.5) is 9.52 Å². The predicted molar refractivity (Wildman–Crippen MR) is 110 cm³/mol. The van der Waals surface area contributed by atoms with Gasteiger partial charge in [0.05, 0.1) is 12.0 Å². The number of para-hydroxylation sites is 1. The number of thiazole rings is 1. The Morgan fingerprint density at radius 3 is 2.66 bits per heavy atom. The van der Waals surface area contributed by atoms with Crippen LogP contribution < -0.4 is 10.1 Å². The highest BCUT2D eigenvalue weighted by molar-refractivity contribution is 7.16. The van der Waals surface area contributed by atoms with Gasteiger partial charge in [-0.05, 0) is 49.4 Å². The molecule has 0 aliphatic heterocycles. The van der Waals surface area contributed by atoms with E-state index in [9.17, 15) is 9.18 Å². The molecule has 0 unspecified atom stereocenters. The van der Waals surface area contributed by atoms with Gasteiger partial charge in [-0.15, -0.1) is 11.3 Å². The largest absolute Gasteiger partial charge is 0.489 e. The number of nitrogens with zero attached hydrogens (tertiary/aromatic N) is 1. The Labute approximate surface area is 170 Å². The van der Waals surface area contributed by atoms with E-state index in [0.29, 0.717) is 22.1 Å². The number of halogens is 1. The van der Waals surface area contributed by atoms with Crippen molar-refractivity contribution in [2.75, 3.05) is 5.32 Å². The minimum absolute atomic E-state index is 0.178. The number of hydrogen-bond acceptors (Lipinski definition) is 5. The van der Waals surface area contributed by atoms with Crippen molar-refractivity contribution in [1.29, 1.82) is 0 Å². The lowest BCUT2D eigenvalue weighted by Gasteiger charge is -2.06. The van der Waals surface area contributed by atoms with Crippen molar-refractivity contribution < 1.29 is 18.3 Å². The molecule has 1 N–H and O–H groups in total. The van der Waals surface area contributed by atoms with Crippen LogP contribution in [0.25, 0.3) is 11.3 Å². The summed E-state index contributed by atoms with van der Waals surface area (Å²) in [6, 6.07) is 17.1. The van der Waals surface area contributed by atoms with Gasteiger partial charge in [-0.3, -0.25) is 10.1 Å². The van der Waals surface area contributed by atoms with E-state index >= 15 is 0 Å². The van der Waals surface area contributed by atoms with Gasteiger partial charge in [-0.25, -0.2) is 9.37 Å². The maximum absolute atomic E-state index is 13.2. The van der Waals surface area contributed by atoms with E-state index in [1.165, 1.54) is 29.7 Å². The second-order valence-corrected chi connectivity index (χ2v) is 7.46.